The van der Waals surface area contributed by atoms with Crippen LogP contribution in [-0.2, 0) is 0 Å². The first kappa shape index (κ1) is 18.9. The second-order valence-corrected chi connectivity index (χ2v) is 6.24. The molecular weight excluding hydrogens is 260 g/mol. The van der Waals surface area contributed by atoms with Gasteiger partial charge in [-0.1, -0.05) is 20.8 Å². The number of rotatable bonds is 6. The quantitative estimate of drug-likeness (QED) is 0.752. The summed E-state index contributed by atoms with van der Waals surface area (Å²) >= 11 is 0. The van der Waals surface area contributed by atoms with Gasteiger partial charge in [-0.25, -0.2) is 0 Å². The maximum Gasteiger partial charge on any atom is 0.0110 e. The lowest BCUT2D eigenvalue weighted by atomic mass is 9.96. The molecule has 4 heteroatoms. The number of nitrogens with zero attached hydrogens (tertiary/aromatic N) is 3. The first-order chi connectivity index (χ1) is 10.3. The first-order valence-corrected chi connectivity index (χ1v) is 9.12. The molecule has 0 amide bonds. The van der Waals surface area contributed by atoms with Crippen molar-refractivity contribution in [3.8, 4) is 0 Å². The van der Waals surface area contributed by atoms with Crippen molar-refractivity contribution < 1.29 is 0 Å². The van der Waals surface area contributed by atoms with Crippen molar-refractivity contribution in [1.82, 2.24) is 20.0 Å². The highest BCUT2D eigenvalue weighted by molar-refractivity contribution is 4.77. The lowest BCUT2D eigenvalue weighted by Gasteiger charge is -2.38. The summed E-state index contributed by atoms with van der Waals surface area (Å²) in [5.41, 5.74) is 0. The van der Waals surface area contributed by atoms with Crippen LogP contribution >= 0.6 is 0 Å². The second kappa shape index (κ2) is 11.4. The topological polar surface area (TPSA) is 21.8 Å². The molecule has 2 aliphatic heterocycles. The molecule has 4 nitrogen and oxygen atoms in total. The highest BCUT2D eigenvalue weighted by Gasteiger charge is 2.22. The number of likely N-dealkylation sites (tertiary alicyclic amines) is 1. The third-order valence-electron chi connectivity index (χ3n) is 4.67. The van der Waals surface area contributed by atoms with Crippen LogP contribution in [0.5, 0.6) is 0 Å². The van der Waals surface area contributed by atoms with E-state index in [-0.39, 0.29) is 0 Å². The predicted molar refractivity (Wildman–Crippen MR) is 93.0 cm³/mol. The standard InChI is InChI=1S/C15H32N4.C2H6/c1-3-16-6-9-18-10-12-19(13-11-18)14-15-4-7-17(2)8-5-15;1-2/h15-16H,3-14H2,1-2H3;1-2H3. The summed E-state index contributed by atoms with van der Waals surface area (Å²) in [6, 6.07) is 0. The minimum Gasteiger partial charge on any atom is -0.316 e. The monoisotopic (exact) mass is 298 g/mol. The van der Waals surface area contributed by atoms with Crippen LogP contribution in [0, 0.1) is 5.92 Å². The van der Waals surface area contributed by atoms with Crippen molar-refractivity contribution in [3.05, 3.63) is 0 Å². The number of likely N-dealkylation sites (N-methyl/N-ethyl adjacent to an activating group) is 1. The third kappa shape index (κ3) is 7.59. The van der Waals surface area contributed by atoms with Crippen molar-refractivity contribution in [2.45, 2.75) is 33.6 Å². The second-order valence-electron chi connectivity index (χ2n) is 6.24. The van der Waals surface area contributed by atoms with E-state index in [0.29, 0.717) is 0 Å². The van der Waals surface area contributed by atoms with E-state index < -0.39 is 0 Å². The number of hydrogen-bond acceptors (Lipinski definition) is 4. The van der Waals surface area contributed by atoms with Gasteiger partial charge < -0.3 is 15.1 Å². The summed E-state index contributed by atoms with van der Waals surface area (Å²) in [5, 5.41) is 3.42. The van der Waals surface area contributed by atoms with Gasteiger partial charge in [0.15, 0.2) is 0 Å². The maximum atomic E-state index is 3.42. The fourth-order valence-corrected chi connectivity index (χ4v) is 3.22. The van der Waals surface area contributed by atoms with Gasteiger partial charge in [-0.2, -0.15) is 0 Å². The predicted octanol–water partition coefficient (Wildman–Crippen LogP) is 1.58. The SMILES string of the molecule is CC.CCNCCN1CCN(CC2CCN(C)CC2)CC1. The van der Waals surface area contributed by atoms with Crippen LogP contribution in [0.25, 0.3) is 0 Å². The molecule has 0 aliphatic carbocycles. The van der Waals surface area contributed by atoms with Crippen molar-refractivity contribution in [2.24, 2.45) is 5.92 Å². The van der Waals surface area contributed by atoms with Gasteiger partial charge in [0.25, 0.3) is 0 Å². The molecule has 0 spiro atoms. The Balaban J connectivity index is 0.00000106. The molecule has 2 aliphatic rings. The number of nitrogens with one attached hydrogen (secondary N) is 1. The van der Waals surface area contributed by atoms with Crippen molar-refractivity contribution in [3.63, 3.8) is 0 Å². The number of piperidine rings is 1. The molecule has 1 N–H and O–H groups in total. The van der Waals surface area contributed by atoms with Crippen LogP contribution < -0.4 is 5.32 Å². The molecule has 0 bridgehead atoms. The molecule has 0 aromatic carbocycles. The van der Waals surface area contributed by atoms with Crippen LogP contribution in [0.15, 0.2) is 0 Å². The van der Waals surface area contributed by atoms with Gasteiger partial charge in [-0.15, -0.1) is 0 Å². The maximum absolute atomic E-state index is 3.42. The van der Waals surface area contributed by atoms with Crippen LogP contribution in [0.4, 0.5) is 0 Å². The highest BCUT2D eigenvalue weighted by atomic mass is 15.3. The Morgan fingerprint density at radius 3 is 2.05 bits per heavy atom. The molecule has 0 unspecified atom stereocenters. The number of hydrogen-bond donors (Lipinski definition) is 1. The minimum absolute atomic E-state index is 0.949. The van der Waals surface area contributed by atoms with E-state index in [1.54, 1.807) is 0 Å². The lowest BCUT2D eigenvalue weighted by Crippen LogP contribution is -2.49. The summed E-state index contributed by atoms with van der Waals surface area (Å²) in [7, 11) is 2.25. The molecule has 2 rings (SSSR count). The van der Waals surface area contributed by atoms with Gasteiger partial charge >= 0.3 is 0 Å². The summed E-state index contributed by atoms with van der Waals surface area (Å²) in [5.74, 6) is 0.949. The first-order valence-electron chi connectivity index (χ1n) is 9.12. The zero-order valence-corrected chi connectivity index (χ0v) is 14.9. The van der Waals surface area contributed by atoms with Gasteiger partial charge in [-0.05, 0) is 45.4 Å². The van der Waals surface area contributed by atoms with E-state index in [4.69, 9.17) is 0 Å². The molecule has 126 valence electrons. The Hall–Kier alpha value is -0.160. The highest BCUT2D eigenvalue weighted by Crippen LogP contribution is 2.18. The molecular formula is C17H38N4. The average molecular weight is 299 g/mol. The van der Waals surface area contributed by atoms with E-state index >= 15 is 0 Å². The number of piperazine rings is 1. The van der Waals surface area contributed by atoms with Crippen LogP contribution in [0.2, 0.25) is 0 Å². The Morgan fingerprint density at radius 1 is 0.905 bits per heavy atom. The minimum atomic E-state index is 0.949. The fourth-order valence-electron chi connectivity index (χ4n) is 3.22. The van der Waals surface area contributed by atoms with E-state index in [1.807, 2.05) is 13.8 Å². The summed E-state index contributed by atoms with van der Waals surface area (Å²) < 4.78 is 0. The van der Waals surface area contributed by atoms with E-state index in [9.17, 15) is 0 Å². The van der Waals surface area contributed by atoms with Crippen LogP contribution in [0.3, 0.4) is 0 Å². The largest absolute Gasteiger partial charge is 0.316 e. The van der Waals surface area contributed by atoms with Gasteiger partial charge in [-0.3, -0.25) is 4.90 Å². The molecule has 21 heavy (non-hydrogen) atoms. The Kier molecular flexibility index (Phi) is 10.3. The molecule has 0 aromatic rings. The molecule has 0 radical (unpaired) electrons. The van der Waals surface area contributed by atoms with E-state index in [0.717, 1.165) is 19.0 Å². The molecule has 2 fully saturated rings. The summed E-state index contributed by atoms with van der Waals surface area (Å²) in [6.07, 6.45) is 2.80. The fraction of sp³-hybridized carbons (Fsp3) is 1.00. The smallest absolute Gasteiger partial charge is 0.0110 e. The van der Waals surface area contributed by atoms with E-state index in [1.165, 1.54) is 65.2 Å². The molecule has 0 atom stereocenters. The van der Waals surface area contributed by atoms with Gasteiger partial charge in [0.1, 0.15) is 0 Å². The summed E-state index contributed by atoms with van der Waals surface area (Å²) in [4.78, 5) is 7.77. The molecule has 0 saturated carbocycles. The van der Waals surface area contributed by atoms with Crippen LogP contribution in [-0.4, -0.2) is 87.2 Å². The Bertz CT molecular complexity index is 231. The van der Waals surface area contributed by atoms with Gasteiger partial charge in [0, 0.05) is 45.8 Å². The van der Waals surface area contributed by atoms with E-state index in [2.05, 4.69) is 34.0 Å². The zero-order valence-electron chi connectivity index (χ0n) is 14.9. The molecule has 2 saturated heterocycles. The average Bonchev–Trinajstić information content (AvgIpc) is 2.53. The Morgan fingerprint density at radius 2 is 1.48 bits per heavy atom. The zero-order chi connectivity index (χ0) is 15.5. The summed E-state index contributed by atoms with van der Waals surface area (Å²) in [6.45, 7) is 18.7. The van der Waals surface area contributed by atoms with Crippen LogP contribution in [0.1, 0.15) is 33.6 Å². The lowest BCUT2D eigenvalue weighted by molar-refractivity contribution is 0.100. The van der Waals surface area contributed by atoms with Crippen molar-refractivity contribution in [2.75, 3.05) is 72.5 Å². The van der Waals surface area contributed by atoms with Gasteiger partial charge in [0.05, 0.1) is 0 Å². The van der Waals surface area contributed by atoms with Gasteiger partial charge in [0.2, 0.25) is 0 Å². The molecule has 0 aromatic heterocycles. The van der Waals surface area contributed by atoms with Crippen molar-refractivity contribution in [1.29, 1.82) is 0 Å². The normalized spacial score (nSPS) is 22.9. The molecule has 2 heterocycles. The van der Waals surface area contributed by atoms with Crippen molar-refractivity contribution >= 4 is 0 Å². The Labute approximate surface area is 132 Å². The third-order valence-corrected chi connectivity index (χ3v) is 4.67.